The van der Waals surface area contributed by atoms with E-state index in [0.717, 1.165) is 6.42 Å². The summed E-state index contributed by atoms with van der Waals surface area (Å²) in [7, 11) is 1.58. The summed E-state index contributed by atoms with van der Waals surface area (Å²) in [6, 6.07) is 5.49. The minimum absolute atomic E-state index is 0.140. The molecule has 198 valence electrons. The fourth-order valence-electron chi connectivity index (χ4n) is 6.54. The fraction of sp³-hybridized carbons (Fsp3) is 0.536. The van der Waals surface area contributed by atoms with Gasteiger partial charge < -0.3 is 29.3 Å². The average Bonchev–Trinajstić information content (AvgIpc) is 3.17. The minimum atomic E-state index is -1.34. The number of aliphatic hydroxyl groups excluding tert-OH is 1. The number of rotatable bonds is 6. The topological polar surface area (TPSA) is 99.6 Å². The third-order valence-corrected chi connectivity index (χ3v) is 8.19. The molecule has 4 aliphatic heterocycles. The van der Waals surface area contributed by atoms with E-state index in [4.69, 9.17) is 9.47 Å². The van der Waals surface area contributed by atoms with Gasteiger partial charge in [0.15, 0.2) is 0 Å². The number of anilines is 1. The normalized spacial score (nSPS) is 33.7. The van der Waals surface area contributed by atoms with Crippen molar-refractivity contribution in [2.24, 2.45) is 11.8 Å². The quantitative estimate of drug-likeness (QED) is 0.587. The van der Waals surface area contributed by atoms with Crippen LogP contribution in [0.1, 0.15) is 27.2 Å². The molecule has 3 amide bonds. The van der Waals surface area contributed by atoms with Crippen LogP contribution in [0.2, 0.25) is 0 Å². The number of likely N-dealkylation sites (tertiary alicyclic amines) is 1. The van der Waals surface area contributed by atoms with Crippen molar-refractivity contribution >= 4 is 23.4 Å². The molecule has 4 aliphatic rings. The van der Waals surface area contributed by atoms with E-state index in [1.807, 2.05) is 38.2 Å². The Morgan fingerprint density at radius 2 is 1.76 bits per heavy atom. The number of hydrogen-bond acceptors (Lipinski definition) is 6. The van der Waals surface area contributed by atoms with E-state index in [1.54, 1.807) is 48.1 Å². The Labute approximate surface area is 217 Å². The molecule has 5 rings (SSSR count). The lowest BCUT2D eigenvalue weighted by Crippen LogP contribution is -2.58. The smallest absolute Gasteiger partial charge is 0.253 e. The van der Waals surface area contributed by atoms with Crippen LogP contribution < -0.4 is 9.64 Å². The molecule has 9 heteroatoms. The SMILES string of the molecule is CCCN1CC=C[C@]2(C)O[C@]34C=CCN(c5ccc(OC)cc5)C(=O)C3N([C@H](C)CO)C(=O)[C@@H]4[C@@H]2C1=O. The predicted molar refractivity (Wildman–Crippen MR) is 137 cm³/mol. The largest absolute Gasteiger partial charge is 0.497 e. The number of aliphatic hydroxyl groups is 1. The van der Waals surface area contributed by atoms with Crippen LogP contribution in [-0.2, 0) is 19.1 Å². The van der Waals surface area contributed by atoms with Crippen LogP contribution in [0.15, 0.2) is 48.6 Å². The second-order valence-corrected chi connectivity index (χ2v) is 10.5. The predicted octanol–water partition coefficient (Wildman–Crippen LogP) is 1.76. The molecule has 0 bridgehead atoms. The second kappa shape index (κ2) is 9.29. The third-order valence-electron chi connectivity index (χ3n) is 8.19. The van der Waals surface area contributed by atoms with Crippen LogP contribution in [0.25, 0.3) is 0 Å². The Hall–Kier alpha value is -3.17. The Kier molecular flexibility index (Phi) is 6.40. The molecule has 9 nitrogen and oxygen atoms in total. The highest BCUT2D eigenvalue weighted by Gasteiger charge is 2.75. The maximum Gasteiger partial charge on any atom is 0.253 e. The van der Waals surface area contributed by atoms with Crippen molar-refractivity contribution in [2.45, 2.75) is 50.5 Å². The van der Waals surface area contributed by atoms with E-state index >= 15 is 0 Å². The molecule has 6 atom stereocenters. The Balaban J connectivity index is 1.63. The molecule has 1 aromatic carbocycles. The van der Waals surface area contributed by atoms with E-state index in [0.29, 0.717) is 24.5 Å². The van der Waals surface area contributed by atoms with E-state index in [1.165, 1.54) is 4.90 Å². The highest BCUT2D eigenvalue weighted by molar-refractivity contribution is 6.06. The molecule has 1 N–H and O–H groups in total. The number of amides is 3. The lowest BCUT2D eigenvalue weighted by Gasteiger charge is -2.39. The van der Waals surface area contributed by atoms with Gasteiger partial charge in [0.2, 0.25) is 11.8 Å². The summed E-state index contributed by atoms with van der Waals surface area (Å²) >= 11 is 0. The summed E-state index contributed by atoms with van der Waals surface area (Å²) in [5.74, 6) is -1.79. The molecule has 2 fully saturated rings. The molecule has 0 aliphatic carbocycles. The summed E-state index contributed by atoms with van der Waals surface area (Å²) in [5, 5.41) is 10.1. The van der Waals surface area contributed by atoms with Gasteiger partial charge in [-0.05, 0) is 44.5 Å². The number of carbonyl (C=O) groups is 3. The molecule has 0 radical (unpaired) electrons. The van der Waals surface area contributed by atoms with Gasteiger partial charge in [-0.2, -0.15) is 0 Å². The molecule has 0 aromatic heterocycles. The molecule has 37 heavy (non-hydrogen) atoms. The maximum absolute atomic E-state index is 14.3. The van der Waals surface area contributed by atoms with Crippen molar-refractivity contribution in [3.05, 3.63) is 48.6 Å². The molecule has 1 spiro atoms. The van der Waals surface area contributed by atoms with Crippen molar-refractivity contribution < 1.29 is 29.0 Å². The van der Waals surface area contributed by atoms with Crippen LogP contribution in [0.4, 0.5) is 5.69 Å². The standard InChI is InChI=1S/C28H35N3O6/c1-5-14-29-15-6-12-27(3)21(24(29)33)22-25(34)31(18(2)17-32)23-26(35)30(16-7-13-28(22,23)37-27)19-8-10-20(36-4)11-9-19/h6-13,18,21-23,32H,5,14-17H2,1-4H3/t18-,21-,22+,23?,27+,28+/m1/s1. The number of nitrogens with zero attached hydrogens (tertiary/aromatic N) is 3. The fourth-order valence-corrected chi connectivity index (χ4v) is 6.54. The number of hydrogen-bond donors (Lipinski definition) is 1. The van der Waals surface area contributed by atoms with Crippen molar-refractivity contribution in [1.82, 2.24) is 9.80 Å². The Bertz CT molecular complexity index is 1150. The lowest BCUT2D eigenvalue weighted by molar-refractivity contribution is -0.150. The maximum atomic E-state index is 14.3. The van der Waals surface area contributed by atoms with Crippen LogP contribution in [0.3, 0.4) is 0 Å². The van der Waals surface area contributed by atoms with Crippen molar-refractivity contribution in [3.8, 4) is 5.75 Å². The Morgan fingerprint density at radius 1 is 1.05 bits per heavy atom. The zero-order valence-corrected chi connectivity index (χ0v) is 21.8. The van der Waals surface area contributed by atoms with Crippen molar-refractivity contribution in [3.63, 3.8) is 0 Å². The molecule has 2 saturated heterocycles. The summed E-state index contributed by atoms with van der Waals surface area (Å²) in [4.78, 5) is 47.2. The van der Waals surface area contributed by atoms with Crippen molar-refractivity contribution in [2.75, 3.05) is 38.3 Å². The number of carbonyl (C=O) groups excluding carboxylic acids is 3. The molecular weight excluding hydrogens is 474 g/mol. The van der Waals surface area contributed by atoms with Crippen LogP contribution >= 0.6 is 0 Å². The zero-order valence-electron chi connectivity index (χ0n) is 21.8. The summed E-state index contributed by atoms with van der Waals surface area (Å²) in [6.07, 6.45) is 8.26. The number of benzene rings is 1. The number of methoxy groups -OCH3 is 1. The van der Waals surface area contributed by atoms with Gasteiger partial charge in [0.1, 0.15) is 17.4 Å². The first kappa shape index (κ1) is 25.5. The van der Waals surface area contributed by atoms with E-state index in [2.05, 4.69) is 0 Å². The first-order valence-corrected chi connectivity index (χ1v) is 12.9. The van der Waals surface area contributed by atoms with Gasteiger partial charge in [-0.3, -0.25) is 14.4 Å². The summed E-state index contributed by atoms with van der Waals surface area (Å²) in [6.45, 7) is 6.55. The second-order valence-electron chi connectivity index (χ2n) is 10.5. The summed E-state index contributed by atoms with van der Waals surface area (Å²) in [5.41, 5.74) is -1.73. The van der Waals surface area contributed by atoms with E-state index < -0.39 is 35.1 Å². The molecule has 1 aromatic rings. The van der Waals surface area contributed by atoms with Gasteiger partial charge in [0, 0.05) is 25.3 Å². The summed E-state index contributed by atoms with van der Waals surface area (Å²) < 4.78 is 12.0. The van der Waals surface area contributed by atoms with Crippen LogP contribution in [0.5, 0.6) is 5.75 Å². The van der Waals surface area contributed by atoms with Crippen LogP contribution in [-0.4, -0.2) is 89.3 Å². The number of ether oxygens (including phenoxy) is 2. The Morgan fingerprint density at radius 3 is 2.41 bits per heavy atom. The third kappa shape index (κ3) is 3.70. The lowest BCUT2D eigenvalue weighted by atomic mass is 9.74. The van der Waals surface area contributed by atoms with E-state index in [9.17, 15) is 19.5 Å². The monoisotopic (exact) mass is 509 g/mol. The molecule has 0 saturated carbocycles. The van der Waals surface area contributed by atoms with Gasteiger partial charge >= 0.3 is 0 Å². The highest BCUT2D eigenvalue weighted by atomic mass is 16.5. The first-order chi connectivity index (χ1) is 17.7. The first-order valence-electron chi connectivity index (χ1n) is 12.9. The van der Waals surface area contributed by atoms with Gasteiger partial charge in [-0.15, -0.1) is 0 Å². The van der Waals surface area contributed by atoms with Gasteiger partial charge in [-0.1, -0.05) is 31.2 Å². The van der Waals surface area contributed by atoms with E-state index in [-0.39, 0.29) is 30.9 Å². The zero-order chi connectivity index (χ0) is 26.5. The highest BCUT2D eigenvalue weighted by Crippen LogP contribution is 2.58. The van der Waals surface area contributed by atoms with Crippen molar-refractivity contribution in [1.29, 1.82) is 0 Å². The molecule has 1 unspecified atom stereocenters. The van der Waals surface area contributed by atoms with Gasteiger partial charge in [0.25, 0.3) is 5.91 Å². The van der Waals surface area contributed by atoms with Gasteiger partial charge in [0.05, 0.1) is 37.2 Å². The molecular formula is C28H35N3O6. The minimum Gasteiger partial charge on any atom is -0.497 e. The average molecular weight is 510 g/mol. The van der Waals surface area contributed by atoms with Gasteiger partial charge in [-0.25, -0.2) is 0 Å². The molecule has 4 heterocycles. The number of fused-ring (bicyclic) bond motifs is 2. The van der Waals surface area contributed by atoms with Crippen LogP contribution in [0, 0.1) is 11.8 Å².